The zero-order valence-electron chi connectivity index (χ0n) is 18.4. The number of H-pyrrole nitrogens is 2. The van der Waals surface area contributed by atoms with Gasteiger partial charge < -0.3 is 4.98 Å². The molecule has 1 unspecified atom stereocenters. The maximum atomic E-state index is 13.3. The highest BCUT2D eigenvalue weighted by Gasteiger charge is 2.21. The Morgan fingerprint density at radius 1 is 1.18 bits per heavy atom. The summed E-state index contributed by atoms with van der Waals surface area (Å²) in [5.41, 5.74) is -0.584. The van der Waals surface area contributed by atoms with Gasteiger partial charge in [-0.25, -0.2) is 4.68 Å². The van der Waals surface area contributed by atoms with E-state index in [0.717, 1.165) is 12.8 Å². The molecule has 12 heteroatoms. The molecular weight excluding hydrogens is 484 g/mol. The van der Waals surface area contributed by atoms with Crippen LogP contribution in [0.5, 0.6) is 0 Å². The molecule has 0 aliphatic carbocycles. The molecule has 0 saturated heterocycles. The van der Waals surface area contributed by atoms with Gasteiger partial charge in [-0.15, -0.1) is 0 Å². The molecule has 0 aliphatic rings. The van der Waals surface area contributed by atoms with Crippen molar-refractivity contribution < 1.29 is 13.0 Å². The maximum absolute atomic E-state index is 13.3. The lowest BCUT2D eigenvalue weighted by atomic mass is 10.1. The Bertz CT molecular complexity index is 1600. The molecule has 1 atom stereocenters. The number of hydrogen-bond donors (Lipinski definition) is 3. The van der Waals surface area contributed by atoms with Gasteiger partial charge in [-0.2, -0.15) is 8.42 Å². The van der Waals surface area contributed by atoms with Gasteiger partial charge in [-0.1, -0.05) is 37.4 Å². The van der Waals surface area contributed by atoms with E-state index in [1.807, 2.05) is 19.1 Å². The van der Waals surface area contributed by atoms with Crippen LogP contribution in [0.2, 0.25) is 5.02 Å². The number of halogens is 1. The number of unbranched alkanes of at least 4 members (excludes halogenated alkanes) is 1. The number of rotatable bonds is 5. The van der Waals surface area contributed by atoms with E-state index in [2.05, 4.69) is 15.1 Å². The van der Waals surface area contributed by atoms with Crippen LogP contribution in [0, 0.1) is 0 Å². The number of pyridine rings is 2. The molecular formula is C22H23ClN4O6S. The zero-order chi connectivity index (χ0) is 25.0. The summed E-state index contributed by atoms with van der Waals surface area (Å²) < 4.78 is 27.1. The normalized spacial score (nSPS) is 12.4. The van der Waals surface area contributed by atoms with Crippen molar-refractivity contribution in [3.63, 3.8) is 0 Å². The Kier molecular flexibility index (Phi) is 7.70. The smallest absolute Gasteiger partial charge is 0.287 e. The quantitative estimate of drug-likeness (QED) is 0.277. The first-order valence-corrected chi connectivity index (χ1v) is 12.6. The average Bonchev–Trinajstić information content (AvgIpc) is 2.76. The molecule has 0 spiro atoms. The largest absolute Gasteiger partial charge is 0.350 e. The predicted molar refractivity (Wildman–Crippen MR) is 131 cm³/mol. The summed E-state index contributed by atoms with van der Waals surface area (Å²) in [6, 6.07) is 9.64. The lowest BCUT2D eigenvalue weighted by Crippen LogP contribution is -2.36. The minimum Gasteiger partial charge on any atom is -0.350 e. The van der Waals surface area contributed by atoms with Crippen molar-refractivity contribution in [2.45, 2.75) is 32.2 Å². The van der Waals surface area contributed by atoms with Crippen LogP contribution in [-0.2, 0) is 10.1 Å². The van der Waals surface area contributed by atoms with Crippen LogP contribution in [0.1, 0.15) is 37.9 Å². The van der Waals surface area contributed by atoms with Gasteiger partial charge in [0.05, 0.1) is 23.5 Å². The third kappa shape index (κ3) is 5.79. The SMILES string of the molecule is CCCCC(c1ccccn1)n1[nH]c(=O)c2[nH]c3cc(Cl)ccc3c(=O)c2c1=O.CS(=O)(=O)O. The number of nitrogens with zero attached hydrogens (tertiary/aromatic N) is 2. The van der Waals surface area contributed by atoms with Gasteiger partial charge in [0.25, 0.3) is 21.2 Å². The molecule has 0 bridgehead atoms. The second kappa shape index (κ2) is 10.3. The lowest BCUT2D eigenvalue weighted by molar-refractivity contribution is 0.442. The second-order valence-corrected chi connectivity index (χ2v) is 9.56. The minimum atomic E-state index is -3.67. The van der Waals surface area contributed by atoms with Crippen LogP contribution in [0.25, 0.3) is 21.8 Å². The lowest BCUT2D eigenvalue weighted by Gasteiger charge is -2.19. The molecule has 0 saturated carbocycles. The number of fused-ring (bicyclic) bond motifs is 2. The first-order valence-electron chi connectivity index (χ1n) is 10.3. The fraction of sp³-hybridized carbons (Fsp3) is 0.273. The van der Waals surface area contributed by atoms with Gasteiger partial charge in [-0.05, 0) is 36.8 Å². The summed E-state index contributed by atoms with van der Waals surface area (Å²) in [4.78, 5) is 46.4. The molecule has 10 nitrogen and oxygen atoms in total. The Morgan fingerprint density at radius 3 is 2.50 bits per heavy atom. The van der Waals surface area contributed by atoms with E-state index in [9.17, 15) is 22.8 Å². The molecule has 1 aromatic carbocycles. The van der Waals surface area contributed by atoms with Gasteiger partial charge in [0.15, 0.2) is 0 Å². The summed E-state index contributed by atoms with van der Waals surface area (Å²) in [6.07, 6.45) is 4.72. The minimum absolute atomic E-state index is 0.0544. The number of aromatic nitrogens is 4. The average molecular weight is 507 g/mol. The maximum Gasteiger partial charge on any atom is 0.287 e. The Morgan fingerprint density at radius 2 is 1.88 bits per heavy atom. The van der Waals surface area contributed by atoms with Crippen molar-refractivity contribution in [1.82, 2.24) is 19.7 Å². The van der Waals surface area contributed by atoms with Crippen molar-refractivity contribution in [3.05, 3.63) is 84.2 Å². The van der Waals surface area contributed by atoms with E-state index < -0.39 is 32.7 Å². The van der Waals surface area contributed by atoms with E-state index in [0.29, 0.717) is 34.3 Å². The topological polar surface area (TPSA) is 155 Å². The third-order valence-electron chi connectivity index (χ3n) is 5.02. The molecule has 0 fully saturated rings. The molecule has 34 heavy (non-hydrogen) atoms. The number of hydrogen-bond acceptors (Lipinski definition) is 6. The van der Waals surface area contributed by atoms with Gasteiger partial charge >= 0.3 is 0 Å². The number of aromatic amines is 2. The fourth-order valence-corrected chi connectivity index (χ4v) is 3.75. The molecule has 180 valence electrons. The van der Waals surface area contributed by atoms with Crippen molar-refractivity contribution in [3.8, 4) is 0 Å². The van der Waals surface area contributed by atoms with Crippen LogP contribution in [-0.4, -0.2) is 39.0 Å². The summed E-state index contributed by atoms with van der Waals surface area (Å²) in [5, 5.41) is 3.20. The highest BCUT2D eigenvalue weighted by Crippen LogP contribution is 2.21. The number of benzene rings is 1. The summed E-state index contributed by atoms with van der Waals surface area (Å²) in [5.74, 6) is 0. The standard InChI is InChI=1S/C21H19ClN4O3.CH4O3S/c1-2-3-7-16(14-6-4-5-10-23-14)26-21(29)17-18(20(28)25-26)24-15-11-12(22)8-9-13(15)19(17)27;1-5(2,3)4/h4-6,8-11,16H,2-3,7H2,1H3,(H,24,27)(H,25,28);1H3,(H,2,3,4). The van der Waals surface area contributed by atoms with Gasteiger partial charge in [0.2, 0.25) is 5.43 Å². The van der Waals surface area contributed by atoms with E-state index >= 15 is 0 Å². The molecule has 4 rings (SSSR count). The van der Waals surface area contributed by atoms with Crippen LogP contribution >= 0.6 is 11.6 Å². The van der Waals surface area contributed by atoms with Crippen molar-refractivity contribution >= 4 is 43.5 Å². The second-order valence-electron chi connectivity index (χ2n) is 7.66. The van der Waals surface area contributed by atoms with Gasteiger partial charge in [0.1, 0.15) is 10.9 Å². The summed E-state index contributed by atoms with van der Waals surface area (Å²) in [7, 11) is -3.67. The zero-order valence-corrected chi connectivity index (χ0v) is 20.0. The number of nitrogens with one attached hydrogen (secondary N) is 2. The van der Waals surface area contributed by atoms with Gasteiger partial charge in [-0.3, -0.25) is 29.0 Å². The molecule has 0 radical (unpaired) electrons. The highest BCUT2D eigenvalue weighted by atomic mass is 35.5. The van der Waals surface area contributed by atoms with E-state index in [4.69, 9.17) is 16.2 Å². The third-order valence-corrected chi connectivity index (χ3v) is 5.25. The van der Waals surface area contributed by atoms with Crippen molar-refractivity contribution in [2.75, 3.05) is 6.26 Å². The van der Waals surface area contributed by atoms with E-state index in [1.165, 1.54) is 4.68 Å². The van der Waals surface area contributed by atoms with Crippen molar-refractivity contribution in [1.29, 1.82) is 0 Å². The summed E-state index contributed by atoms with van der Waals surface area (Å²) in [6.45, 7) is 2.05. The fourth-order valence-electron chi connectivity index (χ4n) is 3.57. The molecule has 0 aliphatic heterocycles. The molecule has 3 N–H and O–H groups in total. The Labute approximate surface area is 199 Å². The Hall–Kier alpha value is -3.28. The van der Waals surface area contributed by atoms with E-state index in [1.54, 1.807) is 30.5 Å². The van der Waals surface area contributed by atoms with Gasteiger partial charge in [0, 0.05) is 16.6 Å². The van der Waals surface area contributed by atoms with Crippen LogP contribution in [0.3, 0.4) is 0 Å². The van der Waals surface area contributed by atoms with Crippen LogP contribution in [0.15, 0.2) is 57.0 Å². The molecule has 3 aromatic heterocycles. The first kappa shape index (κ1) is 25.3. The first-order chi connectivity index (χ1) is 16.0. The van der Waals surface area contributed by atoms with E-state index in [-0.39, 0.29) is 10.9 Å². The van der Waals surface area contributed by atoms with Crippen molar-refractivity contribution in [2.24, 2.45) is 0 Å². The molecule has 0 amide bonds. The highest BCUT2D eigenvalue weighted by molar-refractivity contribution is 7.85. The monoisotopic (exact) mass is 506 g/mol. The molecule has 4 aromatic rings. The summed E-state index contributed by atoms with van der Waals surface area (Å²) >= 11 is 6.00. The predicted octanol–water partition coefficient (Wildman–Crippen LogP) is 2.86. The molecule has 3 heterocycles. The Balaban J connectivity index is 0.000000588. The van der Waals surface area contributed by atoms with Crippen LogP contribution in [0.4, 0.5) is 0 Å². The van der Waals surface area contributed by atoms with Crippen LogP contribution < -0.4 is 16.5 Å².